The van der Waals surface area contributed by atoms with E-state index < -0.39 is 0 Å². The average molecular weight is 281 g/mol. The lowest BCUT2D eigenvalue weighted by Crippen LogP contribution is -2.17. The topological polar surface area (TPSA) is 35.0 Å². The van der Waals surface area contributed by atoms with Gasteiger partial charge in [-0.1, -0.05) is 24.4 Å². The minimum Gasteiger partial charge on any atom is -0.474 e. The van der Waals surface area contributed by atoms with E-state index in [1.807, 2.05) is 6.92 Å². The van der Waals surface area contributed by atoms with E-state index >= 15 is 0 Å². The molecule has 0 aromatic carbocycles. The zero-order chi connectivity index (χ0) is 13.2. The summed E-state index contributed by atoms with van der Waals surface area (Å²) in [5.74, 6) is 2.10. The molecule has 2 aliphatic rings. The first-order valence-corrected chi connectivity index (χ1v) is 7.82. The maximum Gasteiger partial charge on any atom is 0.221 e. The van der Waals surface area contributed by atoms with Crippen molar-refractivity contribution in [3.05, 3.63) is 16.5 Å². The zero-order valence-corrected chi connectivity index (χ0v) is 12.2. The van der Waals surface area contributed by atoms with Crippen LogP contribution in [0.25, 0.3) is 0 Å². The number of aromatic nitrogens is 2. The van der Waals surface area contributed by atoms with Crippen molar-refractivity contribution in [2.24, 2.45) is 0 Å². The Labute approximate surface area is 119 Å². The van der Waals surface area contributed by atoms with E-state index in [1.54, 1.807) is 0 Å². The molecule has 19 heavy (non-hydrogen) atoms. The van der Waals surface area contributed by atoms with Crippen molar-refractivity contribution in [3.63, 3.8) is 0 Å². The highest BCUT2D eigenvalue weighted by Gasteiger charge is 2.28. The van der Waals surface area contributed by atoms with E-state index in [2.05, 4.69) is 9.97 Å². The fourth-order valence-corrected chi connectivity index (χ4v) is 2.81. The molecule has 0 aliphatic heterocycles. The third-order valence-corrected chi connectivity index (χ3v) is 4.45. The standard InChI is InChI=1S/C15H21ClN2O/c1-10-13(16)17-14(11-8-9-11)18-15(10)19-12-6-4-2-3-5-7-12/h11-12H,2-9H2,1H3. The molecule has 0 bridgehead atoms. The Morgan fingerprint density at radius 2 is 1.68 bits per heavy atom. The highest BCUT2D eigenvalue weighted by molar-refractivity contribution is 6.30. The summed E-state index contributed by atoms with van der Waals surface area (Å²) < 4.78 is 6.13. The molecule has 0 atom stereocenters. The number of rotatable bonds is 3. The molecular formula is C15H21ClN2O. The molecule has 2 saturated carbocycles. The van der Waals surface area contributed by atoms with Gasteiger partial charge in [0.05, 0.1) is 0 Å². The normalized spacial score (nSPS) is 21.2. The molecule has 2 aliphatic carbocycles. The lowest BCUT2D eigenvalue weighted by molar-refractivity contribution is 0.174. The van der Waals surface area contributed by atoms with E-state index in [4.69, 9.17) is 16.3 Å². The predicted molar refractivity (Wildman–Crippen MR) is 75.9 cm³/mol. The molecule has 0 radical (unpaired) electrons. The fraction of sp³-hybridized carbons (Fsp3) is 0.733. The van der Waals surface area contributed by atoms with Crippen LogP contribution >= 0.6 is 11.6 Å². The molecule has 3 rings (SSSR count). The summed E-state index contributed by atoms with van der Waals surface area (Å²) in [6.45, 7) is 1.95. The highest BCUT2D eigenvalue weighted by Crippen LogP contribution is 2.40. The minimum absolute atomic E-state index is 0.305. The summed E-state index contributed by atoms with van der Waals surface area (Å²) >= 11 is 6.21. The molecule has 4 heteroatoms. The van der Waals surface area contributed by atoms with Gasteiger partial charge in [-0.25, -0.2) is 4.98 Å². The Bertz CT molecular complexity index is 452. The Kier molecular flexibility index (Phi) is 3.92. The summed E-state index contributed by atoms with van der Waals surface area (Å²) in [4.78, 5) is 8.98. The Balaban J connectivity index is 1.78. The number of halogens is 1. The Morgan fingerprint density at radius 3 is 2.32 bits per heavy atom. The molecule has 0 amide bonds. The average Bonchev–Trinajstić information content (AvgIpc) is 3.22. The van der Waals surface area contributed by atoms with Crippen molar-refractivity contribution in [1.82, 2.24) is 9.97 Å². The van der Waals surface area contributed by atoms with Crippen LogP contribution in [0.4, 0.5) is 0 Å². The van der Waals surface area contributed by atoms with Crippen LogP contribution in [0.3, 0.4) is 0 Å². The van der Waals surface area contributed by atoms with Crippen LogP contribution in [0, 0.1) is 6.92 Å². The lowest BCUT2D eigenvalue weighted by atomic mass is 10.1. The van der Waals surface area contributed by atoms with Crippen LogP contribution in [-0.4, -0.2) is 16.1 Å². The third-order valence-electron chi connectivity index (χ3n) is 4.08. The van der Waals surface area contributed by atoms with E-state index in [9.17, 15) is 0 Å². The quantitative estimate of drug-likeness (QED) is 0.607. The van der Waals surface area contributed by atoms with Gasteiger partial charge in [0.25, 0.3) is 0 Å². The van der Waals surface area contributed by atoms with Crippen LogP contribution in [0.2, 0.25) is 5.15 Å². The SMILES string of the molecule is Cc1c(Cl)nc(C2CC2)nc1OC1CCCCCC1. The number of hydrogen-bond donors (Lipinski definition) is 0. The van der Waals surface area contributed by atoms with Gasteiger partial charge in [0, 0.05) is 11.5 Å². The highest BCUT2D eigenvalue weighted by atomic mass is 35.5. The third kappa shape index (κ3) is 3.19. The molecule has 2 fully saturated rings. The molecule has 1 heterocycles. The van der Waals surface area contributed by atoms with Gasteiger partial charge in [-0.15, -0.1) is 0 Å². The number of ether oxygens (including phenoxy) is 1. The van der Waals surface area contributed by atoms with Gasteiger partial charge in [-0.3, -0.25) is 0 Å². The van der Waals surface area contributed by atoms with Crippen LogP contribution in [-0.2, 0) is 0 Å². The lowest BCUT2D eigenvalue weighted by Gasteiger charge is -2.18. The second-order valence-corrected chi connectivity index (χ2v) is 6.17. The maximum atomic E-state index is 6.21. The first-order valence-electron chi connectivity index (χ1n) is 7.44. The molecule has 104 valence electrons. The van der Waals surface area contributed by atoms with Gasteiger partial charge in [-0.2, -0.15) is 4.98 Å². The molecule has 0 unspecified atom stereocenters. The van der Waals surface area contributed by atoms with E-state index in [0.717, 1.165) is 24.2 Å². The van der Waals surface area contributed by atoms with Crippen LogP contribution < -0.4 is 4.74 Å². The van der Waals surface area contributed by atoms with Crippen LogP contribution in [0.5, 0.6) is 5.88 Å². The molecular weight excluding hydrogens is 260 g/mol. The number of hydrogen-bond acceptors (Lipinski definition) is 3. The predicted octanol–water partition coefficient (Wildman–Crippen LogP) is 4.42. The van der Waals surface area contributed by atoms with E-state index in [1.165, 1.54) is 38.5 Å². The number of nitrogens with zero attached hydrogens (tertiary/aromatic N) is 2. The van der Waals surface area contributed by atoms with Gasteiger partial charge in [0.15, 0.2) is 0 Å². The summed E-state index contributed by atoms with van der Waals surface area (Å²) in [6, 6.07) is 0. The minimum atomic E-state index is 0.305. The molecule has 0 spiro atoms. The van der Waals surface area contributed by atoms with Crippen molar-refractivity contribution >= 4 is 11.6 Å². The van der Waals surface area contributed by atoms with Crippen molar-refractivity contribution in [2.75, 3.05) is 0 Å². The van der Waals surface area contributed by atoms with Gasteiger partial charge in [-0.05, 0) is 45.4 Å². The van der Waals surface area contributed by atoms with Crippen LogP contribution in [0.1, 0.15) is 68.7 Å². The molecule has 3 nitrogen and oxygen atoms in total. The molecule has 0 N–H and O–H groups in total. The van der Waals surface area contributed by atoms with Crippen molar-refractivity contribution in [3.8, 4) is 5.88 Å². The molecule has 1 aromatic rings. The first-order chi connectivity index (χ1) is 9.24. The first kappa shape index (κ1) is 13.2. The van der Waals surface area contributed by atoms with Gasteiger partial charge in [0.2, 0.25) is 5.88 Å². The van der Waals surface area contributed by atoms with Crippen molar-refractivity contribution in [1.29, 1.82) is 0 Å². The summed E-state index contributed by atoms with van der Waals surface area (Å²) in [5.41, 5.74) is 0.885. The van der Waals surface area contributed by atoms with E-state index in [-0.39, 0.29) is 0 Å². The Hall–Kier alpha value is -0.830. The summed E-state index contributed by atoms with van der Waals surface area (Å²) in [6.07, 6.45) is 10.1. The Morgan fingerprint density at radius 1 is 1.00 bits per heavy atom. The second kappa shape index (κ2) is 5.66. The fourth-order valence-electron chi connectivity index (χ4n) is 2.64. The zero-order valence-electron chi connectivity index (χ0n) is 11.5. The smallest absolute Gasteiger partial charge is 0.221 e. The maximum absolute atomic E-state index is 6.21. The van der Waals surface area contributed by atoms with Gasteiger partial charge < -0.3 is 4.74 Å². The van der Waals surface area contributed by atoms with Crippen LogP contribution in [0.15, 0.2) is 0 Å². The summed E-state index contributed by atoms with van der Waals surface area (Å²) in [7, 11) is 0. The summed E-state index contributed by atoms with van der Waals surface area (Å²) in [5, 5.41) is 0.556. The van der Waals surface area contributed by atoms with Gasteiger partial charge in [0.1, 0.15) is 17.1 Å². The monoisotopic (exact) mass is 280 g/mol. The van der Waals surface area contributed by atoms with Crippen molar-refractivity contribution < 1.29 is 4.74 Å². The van der Waals surface area contributed by atoms with E-state index in [0.29, 0.717) is 23.1 Å². The second-order valence-electron chi connectivity index (χ2n) is 5.81. The van der Waals surface area contributed by atoms with Gasteiger partial charge >= 0.3 is 0 Å². The van der Waals surface area contributed by atoms with Crippen molar-refractivity contribution in [2.45, 2.75) is 70.3 Å². The molecule has 0 saturated heterocycles. The molecule has 1 aromatic heterocycles. The largest absolute Gasteiger partial charge is 0.474 e.